The molecule has 0 fully saturated rings. The van der Waals surface area contributed by atoms with Crippen LogP contribution in [0.3, 0.4) is 0 Å². The van der Waals surface area contributed by atoms with Crippen molar-refractivity contribution in [3.63, 3.8) is 0 Å². The van der Waals surface area contributed by atoms with Crippen LogP contribution < -0.4 is 10.1 Å². The number of hydrogen-bond acceptors (Lipinski definition) is 4. The number of rotatable bonds is 5. The second-order valence-corrected chi connectivity index (χ2v) is 4.33. The molecule has 1 heterocycles. The predicted octanol–water partition coefficient (Wildman–Crippen LogP) is 2.56. The average molecular weight is 223 g/mol. The number of anilines is 1. The van der Waals surface area contributed by atoms with Crippen LogP contribution in [-0.4, -0.2) is 23.6 Å². The van der Waals surface area contributed by atoms with Crippen LogP contribution in [0.1, 0.15) is 31.7 Å². The van der Waals surface area contributed by atoms with Crippen LogP contribution in [0.15, 0.2) is 0 Å². The van der Waals surface area contributed by atoms with E-state index in [2.05, 4.69) is 29.1 Å². The molecule has 1 rings (SSSR count). The molecule has 0 aliphatic rings. The van der Waals surface area contributed by atoms with Gasteiger partial charge in [0.25, 0.3) is 0 Å². The fraction of sp³-hybridized carbons (Fsp3) is 0.667. The maximum atomic E-state index is 5.68. The monoisotopic (exact) mass is 223 g/mol. The van der Waals surface area contributed by atoms with E-state index in [0.717, 1.165) is 23.6 Å². The summed E-state index contributed by atoms with van der Waals surface area (Å²) >= 11 is 0. The van der Waals surface area contributed by atoms with Gasteiger partial charge in [0.1, 0.15) is 11.6 Å². The molecule has 0 spiro atoms. The highest BCUT2D eigenvalue weighted by atomic mass is 16.5. The highest BCUT2D eigenvalue weighted by Crippen LogP contribution is 2.21. The van der Waals surface area contributed by atoms with Crippen LogP contribution in [0.25, 0.3) is 0 Å². The molecule has 0 atom stereocenters. The molecule has 0 saturated carbocycles. The number of ether oxygens (including phenoxy) is 1. The third-order valence-electron chi connectivity index (χ3n) is 2.38. The molecule has 16 heavy (non-hydrogen) atoms. The summed E-state index contributed by atoms with van der Waals surface area (Å²) in [5.74, 6) is 2.91. The van der Waals surface area contributed by atoms with Gasteiger partial charge in [-0.15, -0.1) is 0 Å². The molecule has 0 bridgehead atoms. The second kappa shape index (κ2) is 5.68. The third-order valence-corrected chi connectivity index (χ3v) is 2.38. The Labute approximate surface area is 97.5 Å². The Kier molecular flexibility index (Phi) is 4.52. The van der Waals surface area contributed by atoms with Gasteiger partial charge in [-0.3, -0.25) is 0 Å². The molecular formula is C12H21N3O. The average Bonchev–Trinajstić information content (AvgIpc) is 2.22. The number of nitrogens with one attached hydrogen (secondary N) is 1. The highest BCUT2D eigenvalue weighted by molar-refractivity contribution is 5.47. The summed E-state index contributed by atoms with van der Waals surface area (Å²) in [5.41, 5.74) is 0.969. The summed E-state index contributed by atoms with van der Waals surface area (Å²) in [6, 6.07) is 0. The molecule has 0 aromatic carbocycles. The van der Waals surface area contributed by atoms with E-state index in [-0.39, 0.29) is 0 Å². The van der Waals surface area contributed by atoms with Crippen molar-refractivity contribution in [2.75, 3.05) is 19.0 Å². The van der Waals surface area contributed by atoms with E-state index in [9.17, 15) is 0 Å². The number of hydrogen-bond donors (Lipinski definition) is 1. The van der Waals surface area contributed by atoms with Gasteiger partial charge in [-0.1, -0.05) is 13.8 Å². The van der Waals surface area contributed by atoms with Gasteiger partial charge in [-0.05, 0) is 26.2 Å². The van der Waals surface area contributed by atoms with E-state index in [1.807, 2.05) is 20.9 Å². The first-order chi connectivity index (χ1) is 7.54. The van der Waals surface area contributed by atoms with Gasteiger partial charge < -0.3 is 10.1 Å². The molecule has 1 N–H and O–H groups in total. The predicted molar refractivity (Wildman–Crippen MR) is 66.0 cm³/mol. The lowest BCUT2D eigenvalue weighted by atomic mass is 10.1. The van der Waals surface area contributed by atoms with Crippen LogP contribution in [0.4, 0.5) is 5.82 Å². The van der Waals surface area contributed by atoms with Gasteiger partial charge in [-0.2, -0.15) is 4.98 Å². The Morgan fingerprint density at radius 3 is 2.50 bits per heavy atom. The smallest absolute Gasteiger partial charge is 0.221 e. The molecular weight excluding hydrogens is 202 g/mol. The molecule has 0 aliphatic heterocycles. The fourth-order valence-corrected chi connectivity index (χ4v) is 1.38. The normalized spacial score (nSPS) is 10.6. The van der Waals surface area contributed by atoms with Gasteiger partial charge in [0, 0.05) is 7.05 Å². The van der Waals surface area contributed by atoms with Gasteiger partial charge in [-0.25, -0.2) is 4.98 Å². The summed E-state index contributed by atoms with van der Waals surface area (Å²) in [6.07, 6.45) is 1.04. The summed E-state index contributed by atoms with van der Waals surface area (Å²) in [4.78, 5) is 8.60. The SMILES string of the molecule is CNc1nc(C)nc(OCCC(C)C)c1C. The summed E-state index contributed by atoms with van der Waals surface area (Å²) in [7, 11) is 1.85. The van der Waals surface area contributed by atoms with Crippen LogP contribution in [0.5, 0.6) is 5.88 Å². The minimum Gasteiger partial charge on any atom is -0.477 e. The lowest BCUT2D eigenvalue weighted by Crippen LogP contribution is -2.07. The van der Waals surface area contributed by atoms with E-state index in [0.29, 0.717) is 18.4 Å². The van der Waals surface area contributed by atoms with E-state index in [1.54, 1.807) is 0 Å². The van der Waals surface area contributed by atoms with Crippen molar-refractivity contribution in [2.24, 2.45) is 5.92 Å². The van der Waals surface area contributed by atoms with Crippen LogP contribution in [0.2, 0.25) is 0 Å². The van der Waals surface area contributed by atoms with E-state index in [4.69, 9.17) is 4.74 Å². The lowest BCUT2D eigenvalue weighted by molar-refractivity contribution is 0.276. The first-order valence-electron chi connectivity index (χ1n) is 5.70. The Morgan fingerprint density at radius 1 is 1.25 bits per heavy atom. The zero-order chi connectivity index (χ0) is 12.1. The zero-order valence-corrected chi connectivity index (χ0v) is 10.8. The van der Waals surface area contributed by atoms with E-state index in [1.165, 1.54) is 0 Å². The summed E-state index contributed by atoms with van der Waals surface area (Å²) in [6.45, 7) is 8.91. The molecule has 0 radical (unpaired) electrons. The Balaban J connectivity index is 2.75. The third kappa shape index (κ3) is 3.36. The van der Waals surface area contributed by atoms with Crippen molar-refractivity contribution in [3.8, 4) is 5.88 Å². The van der Waals surface area contributed by atoms with Crippen molar-refractivity contribution < 1.29 is 4.74 Å². The topological polar surface area (TPSA) is 47.0 Å². The molecule has 0 saturated heterocycles. The maximum Gasteiger partial charge on any atom is 0.221 e. The van der Waals surface area contributed by atoms with Crippen LogP contribution in [0, 0.1) is 19.8 Å². The summed E-state index contributed by atoms with van der Waals surface area (Å²) < 4.78 is 5.68. The molecule has 0 amide bonds. The first kappa shape index (κ1) is 12.7. The Hall–Kier alpha value is -1.32. The van der Waals surface area contributed by atoms with Crippen LogP contribution >= 0.6 is 0 Å². The second-order valence-electron chi connectivity index (χ2n) is 4.33. The largest absolute Gasteiger partial charge is 0.477 e. The highest BCUT2D eigenvalue weighted by Gasteiger charge is 2.09. The van der Waals surface area contributed by atoms with Crippen molar-refractivity contribution in [3.05, 3.63) is 11.4 Å². The zero-order valence-electron chi connectivity index (χ0n) is 10.8. The maximum absolute atomic E-state index is 5.68. The number of aromatic nitrogens is 2. The van der Waals surface area contributed by atoms with Crippen molar-refractivity contribution in [2.45, 2.75) is 34.1 Å². The van der Waals surface area contributed by atoms with Gasteiger partial charge in [0.05, 0.1) is 12.2 Å². The van der Waals surface area contributed by atoms with Gasteiger partial charge in [0.2, 0.25) is 5.88 Å². The molecule has 90 valence electrons. The lowest BCUT2D eigenvalue weighted by Gasteiger charge is -2.12. The van der Waals surface area contributed by atoms with Crippen molar-refractivity contribution in [1.82, 2.24) is 9.97 Å². The fourth-order valence-electron chi connectivity index (χ4n) is 1.38. The molecule has 1 aromatic heterocycles. The Morgan fingerprint density at radius 2 is 1.94 bits per heavy atom. The summed E-state index contributed by atoms with van der Waals surface area (Å²) in [5, 5.41) is 3.04. The molecule has 4 nitrogen and oxygen atoms in total. The molecule has 1 aromatic rings. The first-order valence-corrected chi connectivity index (χ1v) is 5.70. The van der Waals surface area contributed by atoms with Crippen molar-refractivity contribution >= 4 is 5.82 Å². The molecule has 0 aliphatic carbocycles. The Bertz CT molecular complexity index is 350. The quantitative estimate of drug-likeness (QED) is 0.833. The number of nitrogens with zero attached hydrogens (tertiary/aromatic N) is 2. The minimum atomic E-state index is 0.645. The molecule has 0 unspecified atom stereocenters. The van der Waals surface area contributed by atoms with Gasteiger partial charge in [0.15, 0.2) is 0 Å². The standard InChI is InChI=1S/C12H21N3O/c1-8(2)6-7-16-12-9(3)11(13-5)14-10(4)15-12/h8H,6-7H2,1-5H3,(H,13,14,15). The van der Waals surface area contributed by atoms with Gasteiger partial charge >= 0.3 is 0 Å². The van der Waals surface area contributed by atoms with Crippen LogP contribution in [-0.2, 0) is 0 Å². The van der Waals surface area contributed by atoms with E-state index >= 15 is 0 Å². The molecule has 4 heteroatoms. The number of aryl methyl sites for hydroxylation is 1. The van der Waals surface area contributed by atoms with E-state index < -0.39 is 0 Å². The minimum absolute atomic E-state index is 0.645. The van der Waals surface area contributed by atoms with Crippen molar-refractivity contribution in [1.29, 1.82) is 0 Å².